The standard InChI is InChI=1S/C28H30F2N2O4/c1-3-18(2)26(32-22-10-6-20(7-11-22)28(35)31-15-14-27(33)34)17-36-23-12-13-24(25(30)16-23)19-4-8-21(29)9-5-19/h4-13,16,18,26,32H,3,14-15,17H2,1-2H3,(H,31,35)(H,33,34). The highest BCUT2D eigenvalue weighted by molar-refractivity contribution is 5.94. The van der Waals surface area contributed by atoms with E-state index in [0.717, 1.165) is 12.1 Å². The van der Waals surface area contributed by atoms with Gasteiger partial charge in [0.25, 0.3) is 5.91 Å². The normalized spacial score (nSPS) is 12.4. The van der Waals surface area contributed by atoms with E-state index in [1.165, 1.54) is 30.3 Å². The number of hydrogen-bond donors (Lipinski definition) is 3. The molecular formula is C28H30F2N2O4. The minimum atomic E-state index is -0.972. The fraction of sp³-hybridized carbons (Fsp3) is 0.286. The summed E-state index contributed by atoms with van der Waals surface area (Å²) in [5.41, 5.74) is 2.17. The summed E-state index contributed by atoms with van der Waals surface area (Å²) in [5.74, 6) is -1.51. The van der Waals surface area contributed by atoms with E-state index < -0.39 is 11.8 Å². The Hall–Kier alpha value is -3.94. The second-order valence-electron chi connectivity index (χ2n) is 8.57. The van der Waals surface area contributed by atoms with Crippen molar-refractivity contribution in [2.45, 2.75) is 32.7 Å². The number of nitrogens with one attached hydrogen (secondary N) is 2. The van der Waals surface area contributed by atoms with Crippen molar-refractivity contribution >= 4 is 17.6 Å². The predicted octanol–water partition coefficient (Wildman–Crippen LogP) is 5.74. The number of carboxylic acid groups (broad SMARTS) is 1. The van der Waals surface area contributed by atoms with Gasteiger partial charge in [-0.2, -0.15) is 0 Å². The SMILES string of the molecule is CCC(C)C(COc1ccc(-c2ccc(F)cc2)c(F)c1)Nc1ccc(C(=O)NCCC(=O)O)cc1. The molecule has 0 aromatic heterocycles. The zero-order valence-corrected chi connectivity index (χ0v) is 20.3. The smallest absolute Gasteiger partial charge is 0.305 e. The fourth-order valence-electron chi connectivity index (χ4n) is 3.58. The van der Waals surface area contributed by atoms with Crippen LogP contribution in [-0.2, 0) is 4.79 Å². The average Bonchev–Trinajstić information content (AvgIpc) is 2.87. The molecule has 3 aromatic rings. The topological polar surface area (TPSA) is 87.7 Å². The largest absolute Gasteiger partial charge is 0.491 e. The molecule has 190 valence electrons. The maximum Gasteiger partial charge on any atom is 0.305 e. The van der Waals surface area contributed by atoms with Crippen LogP contribution < -0.4 is 15.4 Å². The molecule has 2 atom stereocenters. The number of carbonyl (C=O) groups is 2. The summed E-state index contributed by atoms with van der Waals surface area (Å²) in [4.78, 5) is 22.7. The first-order valence-corrected chi connectivity index (χ1v) is 11.8. The summed E-state index contributed by atoms with van der Waals surface area (Å²) in [6.45, 7) is 4.51. The van der Waals surface area contributed by atoms with E-state index in [-0.39, 0.29) is 36.6 Å². The van der Waals surface area contributed by atoms with Gasteiger partial charge in [0.1, 0.15) is 24.0 Å². The van der Waals surface area contributed by atoms with E-state index in [1.807, 2.05) is 0 Å². The first kappa shape index (κ1) is 26.7. The Balaban J connectivity index is 1.62. The van der Waals surface area contributed by atoms with Gasteiger partial charge in [0.15, 0.2) is 0 Å². The quantitative estimate of drug-likeness (QED) is 0.298. The summed E-state index contributed by atoms with van der Waals surface area (Å²) >= 11 is 0. The lowest BCUT2D eigenvalue weighted by Crippen LogP contribution is -2.33. The highest BCUT2D eigenvalue weighted by Crippen LogP contribution is 2.27. The molecule has 0 heterocycles. The van der Waals surface area contributed by atoms with Crippen LogP contribution in [0.15, 0.2) is 66.7 Å². The van der Waals surface area contributed by atoms with Crippen molar-refractivity contribution in [2.75, 3.05) is 18.5 Å². The highest BCUT2D eigenvalue weighted by Gasteiger charge is 2.18. The van der Waals surface area contributed by atoms with Crippen LogP contribution in [0.3, 0.4) is 0 Å². The van der Waals surface area contributed by atoms with Crippen molar-refractivity contribution in [3.05, 3.63) is 83.9 Å². The third-order valence-corrected chi connectivity index (χ3v) is 5.98. The summed E-state index contributed by atoms with van der Waals surface area (Å²) < 4.78 is 33.8. The van der Waals surface area contributed by atoms with Crippen LogP contribution in [0.2, 0.25) is 0 Å². The van der Waals surface area contributed by atoms with Gasteiger partial charge in [-0.25, -0.2) is 8.78 Å². The van der Waals surface area contributed by atoms with E-state index >= 15 is 0 Å². The summed E-state index contributed by atoms with van der Waals surface area (Å²) in [7, 11) is 0. The van der Waals surface area contributed by atoms with Gasteiger partial charge in [0.2, 0.25) is 0 Å². The summed E-state index contributed by atoms with van der Waals surface area (Å²) in [6, 6.07) is 17.1. The van der Waals surface area contributed by atoms with Gasteiger partial charge in [-0.1, -0.05) is 32.4 Å². The second kappa shape index (κ2) is 12.7. The first-order valence-electron chi connectivity index (χ1n) is 11.8. The molecule has 36 heavy (non-hydrogen) atoms. The number of aliphatic carboxylic acids is 1. The van der Waals surface area contributed by atoms with Crippen molar-refractivity contribution in [2.24, 2.45) is 5.92 Å². The Kier molecular flexibility index (Phi) is 9.39. The average molecular weight is 497 g/mol. The molecule has 6 nitrogen and oxygen atoms in total. The Morgan fingerprint density at radius 1 is 1.00 bits per heavy atom. The third-order valence-electron chi connectivity index (χ3n) is 5.98. The summed E-state index contributed by atoms with van der Waals surface area (Å²) in [6.07, 6.45) is 0.754. The molecule has 0 radical (unpaired) electrons. The second-order valence-corrected chi connectivity index (χ2v) is 8.57. The van der Waals surface area contributed by atoms with E-state index in [0.29, 0.717) is 29.0 Å². The third kappa shape index (κ3) is 7.53. The minimum Gasteiger partial charge on any atom is -0.491 e. The number of carbonyl (C=O) groups excluding carboxylic acids is 1. The zero-order valence-electron chi connectivity index (χ0n) is 20.3. The van der Waals surface area contributed by atoms with Crippen LogP contribution in [-0.4, -0.2) is 36.2 Å². The molecule has 0 saturated carbocycles. The molecule has 0 saturated heterocycles. The lowest BCUT2D eigenvalue weighted by Gasteiger charge is -2.26. The van der Waals surface area contributed by atoms with Gasteiger partial charge in [-0.3, -0.25) is 9.59 Å². The summed E-state index contributed by atoms with van der Waals surface area (Å²) in [5, 5.41) is 14.7. The number of benzene rings is 3. The highest BCUT2D eigenvalue weighted by atomic mass is 19.1. The van der Waals surface area contributed by atoms with Crippen molar-refractivity contribution in [1.29, 1.82) is 0 Å². The zero-order chi connectivity index (χ0) is 26.1. The lowest BCUT2D eigenvalue weighted by atomic mass is 9.99. The maximum absolute atomic E-state index is 14.7. The molecule has 1 amide bonds. The minimum absolute atomic E-state index is 0.0626. The van der Waals surface area contributed by atoms with E-state index in [2.05, 4.69) is 24.5 Å². The molecule has 8 heteroatoms. The van der Waals surface area contributed by atoms with E-state index in [9.17, 15) is 18.4 Å². The molecule has 0 aliphatic carbocycles. The molecule has 3 aromatic carbocycles. The van der Waals surface area contributed by atoms with Crippen LogP contribution in [0.25, 0.3) is 11.1 Å². The van der Waals surface area contributed by atoms with Gasteiger partial charge < -0.3 is 20.5 Å². The van der Waals surface area contributed by atoms with Crippen molar-refractivity contribution in [3.63, 3.8) is 0 Å². The lowest BCUT2D eigenvalue weighted by molar-refractivity contribution is -0.136. The van der Waals surface area contributed by atoms with Crippen molar-refractivity contribution < 1.29 is 28.2 Å². The van der Waals surface area contributed by atoms with Crippen molar-refractivity contribution in [1.82, 2.24) is 5.32 Å². The van der Waals surface area contributed by atoms with Crippen LogP contribution in [0, 0.1) is 17.6 Å². The van der Waals surface area contributed by atoms with Crippen molar-refractivity contribution in [3.8, 4) is 16.9 Å². The monoisotopic (exact) mass is 496 g/mol. The van der Waals surface area contributed by atoms with Crippen LogP contribution >= 0.6 is 0 Å². The van der Waals surface area contributed by atoms with Gasteiger partial charge in [-0.05, 0) is 60.0 Å². The molecule has 0 spiro atoms. The molecule has 3 rings (SSSR count). The molecule has 0 aliphatic heterocycles. The van der Waals surface area contributed by atoms with Gasteiger partial charge in [0.05, 0.1) is 12.5 Å². The molecule has 0 aliphatic rings. The molecule has 0 bridgehead atoms. The van der Waals surface area contributed by atoms with Crippen LogP contribution in [0.5, 0.6) is 5.75 Å². The van der Waals surface area contributed by atoms with Gasteiger partial charge in [0, 0.05) is 29.4 Å². The number of carboxylic acids is 1. The molecular weight excluding hydrogens is 466 g/mol. The molecule has 0 fully saturated rings. The van der Waals surface area contributed by atoms with E-state index in [1.54, 1.807) is 36.4 Å². The van der Waals surface area contributed by atoms with Crippen LogP contribution in [0.1, 0.15) is 37.0 Å². The predicted molar refractivity (Wildman–Crippen MR) is 135 cm³/mol. The Labute approximate surface area is 209 Å². The number of amides is 1. The van der Waals surface area contributed by atoms with E-state index in [4.69, 9.17) is 9.84 Å². The molecule has 2 unspecified atom stereocenters. The van der Waals surface area contributed by atoms with Gasteiger partial charge in [-0.15, -0.1) is 0 Å². The Bertz CT molecular complexity index is 1170. The Morgan fingerprint density at radius 2 is 1.69 bits per heavy atom. The van der Waals surface area contributed by atoms with Gasteiger partial charge >= 0.3 is 5.97 Å². The first-order chi connectivity index (χ1) is 17.3. The number of rotatable bonds is 12. The number of ether oxygens (including phenoxy) is 1. The number of anilines is 1. The maximum atomic E-state index is 14.7. The number of hydrogen-bond acceptors (Lipinski definition) is 4. The Morgan fingerprint density at radius 3 is 2.31 bits per heavy atom. The fourth-order valence-corrected chi connectivity index (χ4v) is 3.58. The number of halogens is 2. The molecule has 3 N–H and O–H groups in total. The van der Waals surface area contributed by atoms with Crippen LogP contribution in [0.4, 0.5) is 14.5 Å².